The van der Waals surface area contributed by atoms with Gasteiger partial charge >= 0.3 is 13.3 Å². The Morgan fingerprint density at radius 2 is 2.07 bits per heavy atom. The van der Waals surface area contributed by atoms with E-state index in [1.54, 1.807) is 12.1 Å². The first-order chi connectivity index (χ1) is 13.0. The SMILES string of the molecule is O=C(NCc1cccnn1)c1cc(F)c2sc(C(F)(F)P(=O)(O)O)c(Br)c2c1. The number of fused-ring (bicyclic) bond motifs is 1. The lowest BCUT2D eigenvalue weighted by molar-refractivity contribution is 0.0595. The third kappa shape index (κ3) is 3.83. The van der Waals surface area contributed by atoms with E-state index in [1.807, 2.05) is 0 Å². The van der Waals surface area contributed by atoms with Crippen molar-refractivity contribution in [3.63, 3.8) is 0 Å². The van der Waals surface area contributed by atoms with Gasteiger partial charge in [-0.05, 0) is 40.2 Å². The number of aromatic nitrogens is 2. The Morgan fingerprint density at radius 3 is 2.68 bits per heavy atom. The molecule has 3 aromatic rings. The molecule has 0 aliphatic rings. The Kier molecular flexibility index (Phi) is 5.61. The van der Waals surface area contributed by atoms with E-state index >= 15 is 0 Å². The number of thiophene rings is 1. The van der Waals surface area contributed by atoms with Gasteiger partial charge in [0.25, 0.3) is 5.91 Å². The maximum atomic E-state index is 14.4. The Morgan fingerprint density at radius 1 is 1.36 bits per heavy atom. The molecule has 3 N–H and O–H groups in total. The molecular formula is C15H10BrF3N3O4PS. The van der Waals surface area contributed by atoms with Gasteiger partial charge in [0, 0.05) is 21.6 Å². The molecule has 0 aliphatic heterocycles. The van der Waals surface area contributed by atoms with Crippen molar-refractivity contribution in [2.24, 2.45) is 0 Å². The highest BCUT2D eigenvalue weighted by Gasteiger charge is 2.53. The summed E-state index contributed by atoms with van der Waals surface area (Å²) >= 11 is 3.04. The Labute approximate surface area is 167 Å². The molecule has 2 heterocycles. The van der Waals surface area contributed by atoms with E-state index in [2.05, 4.69) is 31.4 Å². The average molecular weight is 496 g/mol. The minimum absolute atomic E-state index is 0.0126. The van der Waals surface area contributed by atoms with E-state index in [4.69, 9.17) is 9.79 Å². The standard InChI is InChI=1S/C15H10BrF3N3O4PS/c16-11-9-4-7(14(23)20-6-8-2-1-3-21-22-8)5-10(17)12(9)28-13(11)15(18,19)27(24,25)26/h1-5H,6H2,(H,20,23)(H2,24,25,26). The molecule has 1 amide bonds. The molecule has 0 atom stereocenters. The zero-order chi connectivity index (χ0) is 20.7. The zero-order valence-corrected chi connectivity index (χ0v) is 16.9. The van der Waals surface area contributed by atoms with Gasteiger partial charge in [-0.3, -0.25) is 9.36 Å². The van der Waals surface area contributed by atoms with Gasteiger partial charge in [-0.2, -0.15) is 19.0 Å². The van der Waals surface area contributed by atoms with Crippen LogP contribution in [0.4, 0.5) is 13.2 Å². The third-order valence-electron chi connectivity index (χ3n) is 3.64. The highest BCUT2D eigenvalue weighted by atomic mass is 79.9. The van der Waals surface area contributed by atoms with Gasteiger partial charge in [0.05, 0.1) is 16.9 Å². The lowest BCUT2D eigenvalue weighted by Crippen LogP contribution is -2.23. The van der Waals surface area contributed by atoms with Crippen LogP contribution in [0, 0.1) is 5.82 Å². The van der Waals surface area contributed by atoms with Crippen LogP contribution in [0.25, 0.3) is 10.1 Å². The van der Waals surface area contributed by atoms with Crippen LogP contribution in [0.3, 0.4) is 0 Å². The number of carbonyl (C=O) groups excluding carboxylic acids is 1. The first kappa shape index (κ1) is 20.9. The largest absolute Gasteiger partial charge is 0.400 e. The molecule has 0 saturated carbocycles. The van der Waals surface area contributed by atoms with Crippen molar-refractivity contribution in [1.82, 2.24) is 15.5 Å². The van der Waals surface area contributed by atoms with Crippen molar-refractivity contribution in [3.05, 3.63) is 56.9 Å². The van der Waals surface area contributed by atoms with Crippen LogP contribution in [0.2, 0.25) is 0 Å². The smallest absolute Gasteiger partial charge is 0.346 e. The summed E-state index contributed by atoms with van der Waals surface area (Å²) in [5.74, 6) is -1.66. The molecule has 0 fully saturated rings. The molecule has 0 radical (unpaired) electrons. The highest BCUT2D eigenvalue weighted by Crippen LogP contribution is 2.63. The van der Waals surface area contributed by atoms with E-state index in [0.29, 0.717) is 5.69 Å². The Bertz CT molecular complexity index is 1110. The van der Waals surface area contributed by atoms with Crippen molar-refractivity contribution < 1.29 is 32.3 Å². The predicted molar refractivity (Wildman–Crippen MR) is 98.6 cm³/mol. The summed E-state index contributed by atoms with van der Waals surface area (Å²) in [6, 6.07) is 5.25. The number of amides is 1. The molecule has 148 valence electrons. The lowest BCUT2D eigenvalue weighted by atomic mass is 10.1. The average Bonchev–Trinajstić information content (AvgIpc) is 2.97. The summed E-state index contributed by atoms with van der Waals surface area (Å²) in [4.78, 5) is 29.1. The minimum atomic E-state index is -5.83. The molecule has 28 heavy (non-hydrogen) atoms. The number of rotatable bonds is 5. The van der Waals surface area contributed by atoms with Gasteiger partial charge in [0.1, 0.15) is 10.7 Å². The van der Waals surface area contributed by atoms with Gasteiger partial charge < -0.3 is 15.1 Å². The second-order valence-electron chi connectivity index (χ2n) is 5.56. The number of hydrogen-bond donors (Lipinski definition) is 3. The van der Waals surface area contributed by atoms with E-state index in [0.717, 1.165) is 12.1 Å². The van der Waals surface area contributed by atoms with Gasteiger partial charge in [0.2, 0.25) is 0 Å². The van der Waals surface area contributed by atoms with Gasteiger partial charge in [-0.1, -0.05) is 0 Å². The van der Waals surface area contributed by atoms with E-state index in [-0.39, 0.29) is 38.0 Å². The van der Waals surface area contributed by atoms with Crippen LogP contribution in [0.1, 0.15) is 20.9 Å². The van der Waals surface area contributed by atoms with Crippen LogP contribution in [-0.2, 0) is 16.8 Å². The van der Waals surface area contributed by atoms with Crippen molar-refractivity contribution in [2.45, 2.75) is 12.2 Å². The maximum Gasteiger partial charge on any atom is 0.400 e. The summed E-state index contributed by atoms with van der Waals surface area (Å²) in [6.07, 6.45) is 1.45. The number of nitrogens with zero attached hydrogens (tertiary/aromatic N) is 2. The molecular weight excluding hydrogens is 486 g/mol. The molecule has 0 unspecified atom stereocenters. The Balaban J connectivity index is 1.97. The van der Waals surface area contributed by atoms with Crippen LogP contribution < -0.4 is 5.32 Å². The molecule has 0 saturated heterocycles. The fraction of sp³-hybridized carbons (Fsp3) is 0.133. The monoisotopic (exact) mass is 495 g/mol. The quantitative estimate of drug-likeness (QED) is 0.464. The van der Waals surface area contributed by atoms with E-state index in [1.165, 1.54) is 6.20 Å². The Hall–Kier alpha value is -1.85. The minimum Gasteiger partial charge on any atom is -0.346 e. The molecule has 0 spiro atoms. The molecule has 0 aliphatic carbocycles. The highest BCUT2D eigenvalue weighted by molar-refractivity contribution is 9.10. The van der Waals surface area contributed by atoms with Crippen LogP contribution in [0.15, 0.2) is 34.9 Å². The topological polar surface area (TPSA) is 112 Å². The molecule has 2 aromatic heterocycles. The van der Waals surface area contributed by atoms with Gasteiger partial charge in [-0.25, -0.2) is 4.39 Å². The van der Waals surface area contributed by atoms with Gasteiger partial charge in [0.15, 0.2) is 0 Å². The fourth-order valence-corrected chi connectivity index (χ4v) is 5.20. The second kappa shape index (κ2) is 7.53. The molecule has 1 aromatic carbocycles. The normalized spacial score (nSPS) is 12.4. The van der Waals surface area contributed by atoms with E-state index in [9.17, 15) is 22.5 Å². The van der Waals surface area contributed by atoms with Crippen LogP contribution in [0.5, 0.6) is 0 Å². The summed E-state index contributed by atoms with van der Waals surface area (Å²) in [5, 5.41) is 9.82. The third-order valence-corrected chi connectivity index (χ3v) is 7.12. The summed E-state index contributed by atoms with van der Waals surface area (Å²) < 4.78 is 53.0. The van der Waals surface area contributed by atoms with Crippen molar-refractivity contribution in [2.75, 3.05) is 0 Å². The maximum absolute atomic E-state index is 14.4. The van der Waals surface area contributed by atoms with Gasteiger partial charge in [-0.15, -0.1) is 11.3 Å². The predicted octanol–water partition coefficient (Wildman–Crippen LogP) is 3.75. The fourth-order valence-electron chi connectivity index (χ4n) is 2.29. The molecule has 0 bridgehead atoms. The number of carbonyl (C=O) groups is 1. The first-order valence-corrected chi connectivity index (χ1v) is 10.6. The molecule has 7 nitrogen and oxygen atoms in total. The molecule has 13 heteroatoms. The summed E-state index contributed by atoms with van der Waals surface area (Å²) in [7, 11) is -5.83. The molecule has 3 rings (SSSR count). The van der Waals surface area contributed by atoms with Crippen LogP contribution in [-0.4, -0.2) is 25.9 Å². The number of nitrogens with one attached hydrogen (secondary N) is 1. The van der Waals surface area contributed by atoms with Crippen molar-refractivity contribution >= 4 is 50.9 Å². The number of alkyl halides is 2. The lowest BCUT2D eigenvalue weighted by Gasteiger charge is -2.16. The van der Waals surface area contributed by atoms with Crippen LogP contribution >= 0.6 is 34.9 Å². The van der Waals surface area contributed by atoms with Crippen molar-refractivity contribution in [1.29, 1.82) is 0 Å². The summed E-state index contributed by atoms with van der Waals surface area (Å²) in [5.41, 5.74) is -4.20. The first-order valence-electron chi connectivity index (χ1n) is 7.42. The van der Waals surface area contributed by atoms with E-state index < -0.39 is 29.9 Å². The zero-order valence-electron chi connectivity index (χ0n) is 13.6. The number of halogens is 4. The summed E-state index contributed by atoms with van der Waals surface area (Å²) in [6.45, 7) is 0.0126. The van der Waals surface area contributed by atoms with Crippen molar-refractivity contribution in [3.8, 4) is 0 Å². The second-order valence-corrected chi connectivity index (χ2v) is 9.03. The number of hydrogen-bond acceptors (Lipinski definition) is 5. The number of benzene rings is 1.